The maximum atomic E-state index is 15.0. The Morgan fingerprint density at radius 1 is 1.10 bits per heavy atom. The highest BCUT2D eigenvalue weighted by molar-refractivity contribution is 7.21. The molecule has 0 saturated heterocycles. The second kappa shape index (κ2) is 12.6. The van der Waals surface area contributed by atoms with Crippen LogP contribution in [0.25, 0.3) is 31.8 Å². The van der Waals surface area contributed by atoms with Crippen LogP contribution in [0.1, 0.15) is 13.8 Å². The lowest BCUT2D eigenvalue weighted by Crippen LogP contribution is -2.33. The predicted octanol–water partition coefficient (Wildman–Crippen LogP) is 5.27. The largest absolute Gasteiger partial charge is 0.495 e. The smallest absolute Gasteiger partial charge is 0.412 e. The van der Waals surface area contributed by atoms with Crippen LogP contribution in [0.2, 0.25) is 5.02 Å². The maximum absolute atomic E-state index is 15.0. The highest BCUT2D eigenvalue weighted by Crippen LogP contribution is 2.37. The summed E-state index contributed by atoms with van der Waals surface area (Å²) >= 11 is 7.59. The summed E-state index contributed by atoms with van der Waals surface area (Å²) in [5.41, 5.74) is 1.93. The zero-order valence-corrected chi connectivity index (χ0v) is 24.1. The van der Waals surface area contributed by atoms with E-state index in [0.29, 0.717) is 37.2 Å². The topological polar surface area (TPSA) is 151 Å². The van der Waals surface area contributed by atoms with Gasteiger partial charge in [-0.15, -0.1) is 0 Å². The molecule has 5 rings (SSSR count). The Morgan fingerprint density at radius 2 is 1.88 bits per heavy atom. The molecule has 42 heavy (non-hydrogen) atoms. The summed E-state index contributed by atoms with van der Waals surface area (Å²) in [7, 11) is 1.55. The van der Waals surface area contributed by atoms with Gasteiger partial charge in [0.05, 0.1) is 43.5 Å². The Morgan fingerprint density at radius 3 is 2.62 bits per heavy atom. The van der Waals surface area contributed by atoms with Crippen molar-refractivity contribution < 1.29 is 33.2 Å². The number of anilines is 1. The van der Waals surface area contributed by atoms with Crippen molar-refractivity contribution in [3.05, 3.63) is 53.7 Å². The molecule has 0 aliphatic heterocycles. The van der Waals surface area contributed by atoms with Gasteiger partial charge in [0.25, 0.3) is 5.88 Å². The summed E-state index contributed by atoms with van der Waals surface area (Å²) in [6.07, 6.45) is 1.91. The lowest BCUT2D eigenvalue weighted by molar-refractivity contribution is 0.0379. The molecule has 1 aromatic carbocycles. The van der Waals surface area contributed by atoms with Crippen molar-refractivity contribution in [3.63, 3.8) is 0 Å². The number of benzene rings is 1. The van der Waals surface area contributed by atoms with E-state index in [1.54, 1.807) is 39.3 Å². The van der Waals surface area contributed by atoms with Gasteiger partial charge in [-0.1, -0.05) is 22.9 Å². The minimum atomic E-state index is -0.790. The number of aromatic nitrogens is 5. The number of rotatable bonds is 10. The fourth-order valence-electron chi connectivity index (χ4n) is 3.77. The van der Waals surface area contributed by atoms with Crippen molar-refractivity contribution in [1.82, 2.24) is 24.9 Å². The number of carbonyl (C=O) groups excluding carboxylic acids is 1. The summed E-state index contributed by atoms with van der Waals surface area (Å²) in [4.78, 5) is 34.0. The number of halogens is 2. The number of thiazole rings is 1. The van der Waals surface area contributed by atoms with Gasteiger partial charge in [0.2, 0.25) is 0 Å². The Kier molecular flexibility index (Phi) is 8.75. The molecular formula is C27H24ClFN6O6S. The van der Waals surface area contributed by atoms with Gasteiger partial charge < -0.3 is 24.1 Å². The molecule has 5 aromatic rings. The van der Waals surface area contributed by atoms with E-state index >= 15 is 0 Å². The van der Waals surface area contributed by atoms with Crippen LogP contribution in [0.3, 0.4) is 0 Å². The van der Waals surface area contributed by atoms with Gasteiger partial charge in [-0.25, -0.2) is 24.1 Å². The highest BCUT2D eigenvalue weighted by atomic mass is 35.5. The molecule has 2 N–H and O–H groups in total. The van der Waals surface area contributed by atoms with E-state index in [1.165, 1.54) is 29.8 Å². The van der Waals surface area contributed by atoms with E-state index in [1.807, 2.05) is 6.07 Å². The third kappa shape index (κ3) is 6.56. The third-order valence-corrected chi connectivity index (χ3v) is 7.16. The van der Waals surface area contributed by atoms with Gasteiger partial charge in [-0.3, -0.25) is 10.3 Å². The molecule has 0 bridgehead atoms. The molecule has 0 spiro atoms. The second-order valence-electron chi connectivity index (χ2n) is 8.90. The number of nitrogens with one attached hydrogen (secondary N) is 1. The first-order chi connectivity index (χ1) is 20.2. The number of amides is 1. The van der Waals surface area contributed by atoms with Crippen LogP contribution < -0.4 is 19.5 Å². The van der Waals surface area contributed by atoms with Crippen LogP contribution in [-0.2, 0) is 4.74 Å². The quantitative estimate of drug-likeness (QED) is 0.212. The molecule has 218 valence electrons. The van der Waals surface area contributed by atoms with Crippen molar-refractivity contribution in [1.29, 1.82) is 0 Å². The molecule has 4 heterocycles. The fraction of sp³-hybridized carbons (Fsp3) is 0.259. The molecule has 4 aromatic heterocycles. The standard InChI is InChI=1S/C27H24ClFN6O6S/c1-13(14(2)41-27(37)33-17-10-31-26(32-11-17)39-5-4-36)40-23-20(29)9-21-25(35-23)42-24(34-21)19-8-16(28)6-15-7-18(38-3)12-30-22(15)19/h6-14,36H,4-5H2,1-3H3,(H,33,37)/t13-,14+/m0/s1. The van der Waals surface area contributed by atoms with Crippen molar-refractivity contribution in [2.24, 2.45) is 0 Å². The first-order valence-corrected chi connectivity index (χ1v) is 13.7. The van der Waals surface area contributed by atoms with Crippen LogP contribution in [-0.4, -0.2) is 68.7 Å². The first-order valence-electron chi connectivity index (χ1n) is 12.5. The van der Waals surface area contributed by atoms with E-state index in [-0.39, 0.29) is 30.8 Å². The molecule has 2 atom stereocenters. The number of fused-ring (bicyclic) bond motifs is 2. The van der Waals surface area contributed by atoms with E-state index < -0.39 is 24.1 Å². The van der Waals surface area contributed by atoms with Gasteiger partial charge in [-0.2, -0.15) is 4.98 Å². The van der Waals surface area contributed by atoms with Crippen LogP contribution in [0.4, 0.5) is 14.9 Å². The number of ether oxygens (including phenoxy) is 4. The number of nitrogens with zero attached hydrogens (tertiary/aromatic N) is 5. The number of pyridine rings is 2. The number of aliphatic hydroxyl groups excluding tert-OH is 1. The number of hydrogen-bond donors (Lipinski definition) is 2. The lowest BCUT2D eigenvalue weighted by atomic mass is 10.1. The Balaban J connectivity index is 1.28. The zero-order valence-electron chi connectivity index (χ0n) is 22.5. The van der Waals surface area contributed by atoms with Gasteiger partial charge >= 0.3 is 12.1 Å². The van der Waals surface area contributed by atoms with Crippen LogP contribution in [0, 0.1) is 5.82 Å². The van der Waals surface area contributed by atoms with E-state index in [0.717, 1.165) is 5.39 Å². The number of methoxy groups -OCH3 is 1. The van der Waals surface area contributed by atoms with Crippen molar-refractivity contribution in [2.45, 2.75) is 26.1 Å². The first kappa shape index (κ1) is 29.1. The van der Waals surface area contributed by atoms with E-state index in [9.17, 15) is 9.18 Å². The number of hydrogen-bond acceptors (Lipinski definition) is 12. The number of aliphatic hydroxyl groups is 1. The predicted molar refractivity (Wildman–Crippen MR) is 154 cm³/mol. The molecule has 0 saturated carbocycles. The highest BCUT2D eigenvalue weighted by Gasteiger charge is 2.23. The van der Waals surface area contributed by atoms with Crippen molar-refractivity contribution in [3.8, 4) is 28.2 Å². The Hall–Kier alpha value is -4.40. The van der Waals surface area contributed by atoms with Crippen LogP contribution in [0.5, 0.6) is 17.6 Å². The minimum absolute atomic E-state index is 0.0450. The molecule has 0 aliphatic carbocycles. The molecule has 0 radical (unpaired) electrons. The van der Waals surface area contributed by atoms with Crippen LogP contribution >= 0.6 is 22.9 Å². The maximum Gasteiger partial charge on any atom is 0.412 e. The number of carbonyl (C=O) groups is 1. The zero-order chi connectivity index (χ0) is 29.8. The fourth-order valence-corrected chi connectivity index (χ4v) is 4.92. The Bertz CT molecular complexity index is 1740. The molecule has 0 fully saturated rings. The second-order valence-corrected chi connectivity index (χ2v) is 10.3. The van der Waals surface area contributed by atoms with E-state index in [2.05, 4.69) is 30.2 Å². The van der Waals surface area contributed by atoms with Gasteiger partial charge in [0.15, 0.2) is 5.82 Å². The van der Waals surface area contributed by atoms with E-state index in [4.69, 9.17) is 35.7 Å². The molecule has 1 amide bonds. The summed E-state index contributed by atoms with van der Waals surface area (Å²) in [6.45, 7) is 3.08. The van der Waals surface area contributed by atoms with Crippen molar-refractivity contribution in [2.75, 3.05) is 25.6 Å². The van der Waals surface area contributed by atoms with Gasteiger partial charge in [0.1, 0.15) is 39.9 Å². The molecule has 0 unspecified atom stereocenters. The van der Waals surface area contributed by atoms with Gasteiger partial charge in [-0.05, 0) is 32.0 Å². The SMILES string of the molecule is COc1cnc2c(-c3nc4cc(F)c(O[C@@H](C)[C@@H](C)OC(=O)Nc5cnc(OCCO)nc5)nc4s3)cc(Cl)cc2c1. The summed E-state index contributed by atoms with van der Waals surface area (Å²) < 4.78 is 36.4. The van der Waals surface area contributed by atoms with Crippen LogP contribution in [0.15, 0.2) is 42.9 Å². The molecular weight excluding hydrogens is 591 g/mol. The molecule has 0 aliphatic rings. The minimum Gasteiger partial charge on any atom is -0.495 e. The average molecular weight is 615 g/mol. The summed E-state index contributed by atoms with van der Waals surface area (Å²) in [5, 5.41) is 13.1. The Labute approximate surface area is 247 Å². The normalized spacial score (nSPS) is 12.6. The summed E-state index contributed by atoms with van der Waals surface area (Å²) in [5.74, 6) is -0.391. The molecule has 15 heteroatoms. The monoisotopic (exact) mass is 614 g/mol. The lowest BCUT2D eigenvalue weighted by Gasteiger charge is -2.21. The average Bonchev–Trinajstić information content (AvgIpc) is 3.38. The molecule has 12 nitrogen and oxygen atoms in total. The third-order valence-electron chi connectivity index (χ3n) is 5.94. The van der Waals surface area contributed by atoms with Crippen molar-refractivity contribution >= 4 is 56.0 Å². The van der Waals surface area contributed by atoms with Gasteiger partial charge in [0, 0.05) is 22.0 Å². The summed E-state index contributed by atoms with van der Waals surface area (Å²) in [6, 6.07) is 6.62.